The fourth-order valence-corrected chi connectivity index (χ4v) is 2.56. The van der Waals surface area contributed by atoms with Gasteiger partial charge in [0.25, 0.3) is 0 Å². The Kier molecular flexibility index (Phi) is 6.17. The highest BCUT2D eigenvalue weighted by molar-refractivity contribution is 5.78. The van der Waals surface area contributed by atoms with E-state index < -0.39 is 6.10 Å². The zero-order chi connectivity index (χ0) is 15.1. The number of hydrogen-bond donors (Lipinski definition) is 3. The molecular formula is C16H24N2O3. The first kappa shape index (κ1) is 15.9. The number of ether oxygens (including phenoxy) is 1. The second-order valence-electron chi connectivity index (χ2n) is 5.57. The molecule has 2 rings (SSSR count). The minimum Gasteiger partial charge on any atom is -0.391 e. The molecule has 5 nitrogen and oxygen atoms in total. The van der Waals surface area contributed by atoms with Crippen LogP contribution in [0.2, 0.25) is 0 Å². The van der Waals surface area contributed by atoms with Crippen molar-refractivity contribution < 1.29 is 14.6 Å². The van der Waals surface area contributed by atoms with Crippen LogP contribution in [0.25, 0.3) is 0 Å². The second-order valence-corrected chi connectivity index (χ2v) is 5.57. The maximum absolute atomic E-state index is 12.0. The number of nitrogens with two attached hydrogens (primary N) is 1. The summed E-state index contributed by atoms with van der Waals surface area (Å²) in [5.74, 6) is -0.141. The van der Waals surface area contributed by atoms with Crippen LogP contribution in [0.4, 0.5) is 0 Å². The summed E-state index contributed by atoms with van der Waals surface area (Å²) >= 11 is 0. The predicted octanol–water partition coefficient (Wildman–Crippen LogP) is 0.808. The Morgan fingerprint density at radius 1 is 1.33 bits per heavy atom. The predicted molar refractivity (Wildman–Crippen MR) is 80.4 cm³/mol. The highest BCUT2D eigenvalue weighted by atomic mass is 16.5. The lowest BCUT2D eigenvalue weighted by Gasteiger charge is -2.29. The Labute approximate surface area is 125 Å². The minimum absolute atomic E-state index is 0.00994. The average Bonchev–Trinajstić information content (AvgIpc) is 2.50. The highest BCUT2D eigenvalue weighted by Gasteiger charge is 2.30. The van der Waals surface area contributed by atoms with E-state index in [1.165, 1.54) is 0 Å². The summed E-state index contributed by atoms with van der Waals surface area (Å²) in [7, 11) is 0. The molecule has 0 aliphatic heterocycles. The molecule has 0 unspecified atom stereocenters. The molecule has 1 saturated carbocycles. The molecule has 1 aromatic rings. The Hall–Kier alpha value is -1.43. The zero-order valence-electron chi connectivity index (χ0n) is 12.2. The molecule has 0 spiro atoms. The normalized spacial score (nSPS) is 25.5. The molecule has 0 bridgehead atoms. The molecule has 0 saturated heterocycles. The number of nitrogens with one attached hydrogen (secondary N) is 1. The van der Waals surface area contributed by atoms with Crippen LogP contribution < -0.4 is 11.1 Å². The summed E-state index contributed by atoms with van der Waals surface area (Å²) in [5.41, 5.74) is 6.85. The van der Waals surface area contributed by atoms with E-state index >= 15 is 0 Å². The Bertz CT molecular complexity index is 438. The Morgan fingerprint density at radius 2 is 2.10 bits per heavy atom. The fraction of sp³-hybridized carbons (Fsp3) is 0.562. The molecule has 21 heavy (non-hydrogen) atoms. The van der Waals surface area contributed by atoms with Gasteiger partial charge in [-0.3, -0.25) is 4.79 Å². The summed E-state index contributed by atoms with van der Waals surface area (Å²) < 4.78 is 5.51. The van der Waals surface area contributed by atoms with Crippen molar-refractivity contribution in [1.82, 2.24) is 5.32 Å². The lowest BCUT2D eigenvalue weighted by molar-refractivity contribution is -0.127. The molecule has 4 N–H and O–H groups in total. The second kappa shape index (κ2) is 8.12. The largest absolute Gasteiger partial charge is 0.391 e. The highest BCUT2D eigenvalue weighted by Crippen LogP contribution is 2.23. The molecule has 1 aromatic carbocycles. The summed E-state index contributed by atoms with van der Waals surface area (Å²) in [4.78, 5) is 12.0. The third-order valence-electron chi connectivity index (χ3n) is 3.90. The zero-order valence-corrected chi connectivity index (χ0v) is 12.2. The fourth-order valence-electron chi connectivity index (χ4n) is 2.56. The molecule has 116 valence electrons. The van der Waals surface area contributed by atoms with Crippen molar-refractivity contribution in [3.63, 3.8) is 0 Å². The number of amides is 1. The van der Waals surface area contributed by atoms with Gasteiger partial charge >= 0.3 is 0 Å². The van der Waals surface area contributed by atoms with Gasteiger partial charge in [0, 0.05) is 18.5 Å². The van der Waals surface area contributed by atoms with E-state index in [4.69, 9.17) is 10.5 Å². The SMILES string of the molecule is N[C@@H]1CC[C@H](C(=O)NCCOCc2ccccc2)C[C@H]1O. The van der Waals surface area contributed by atoms with Crippen LogP contribution in [0.15, 0.2) is 30.3 Å². The number of aliphatic hydroxyl groups excluding tert-OH is 1. The molecule has 1 fully saturated rings. The smallest absolute Gasteiger partial charge is 0.223 e. The quantitative estimate of drug-likeness (QED) is 0.677. The minimum atomic E-state index is -0.566. The van der Waals surface area contributed by atoms with E-state index in [0.29, 0.717) is 32.6 Å². The van der Waals surface area contributed by atoms with Gasteiger partial charge in [0.2, 0.25) is 5.91 Å². The molecule has 1 aliphatic carbocycles. The van der Waals surface area contributed by atoms with E-state index in [1.807, 2.05) is 30.3 Å². The Morgan fingerprint density at radius 3 is 2.81 bits per heavy atom. The summed E-state index contributed by atoms with van der Waals surface area (Å²) in [5, 5.41) is 12.6. The van der Waals surface area contributed by atoms with Crippen molar-refractivity contribution >= 4 is 5.91 Å². The van der Waals surface area contributed by atoms with Crippen molar-refractivity contribution in [3.8, 4) is 0 Å². The van der Waals surface area contributed by atoms with Crippen LogP contribution in [0, 0.1) is 5.92 Å². The van der Waals surface area contributed by atoms with Gasteiger partial charge in [-0.1, -0.05) is 30.3 Å². The van der Waals surface area contributed by atoms with Gasteiger partial charge in [-0.05, 0) is 24.8 Å². The molecule has 0 aromatic heterocycles. The van der Waals surface area contributed by atoms with Gasteiger partial charge in [-0.15, -0.1) is 0 Å². The molecular weight excluding hydrogens is 268 g/mol. The topological polar surface area (TPSA) is 84.6 Å². The van der Waals surface area contributed by atoms with Crippen LogP contribution in [-0.2, 0) is 16.1 Å². The van der Waals surface area contributed by atoms with E-state index in [0.717, 1.165) is 12.0 Å². The Balaban J connectivity index is 1.59. The molecule has 0 radical (unpaired) electrons. The van der Waals surface area contributed by atoms with E-state index in [9.17, 15) is 9.90 Å². The third-order valence-corrected chi connectivity index (χ3v) is 3.90. The van der Waals surface area contributed by atoms with Crippen LogP contribution >= 0.6 is 0 Å². The van der Waals surface area contributed by atoms with Crippen molar-refractivity contribution in [3.05, 3.63) is 35.9 Å². The number of carbonyl (C=O) groups excluding carboxylic acids is 1. The van der Waals surface area contributed by atoms with E-state index in [-0.39, 0.29) is 17.9 Å². The summed E-state index contributed by atoms with van der Waals surface area (Å²) in [6.07, 6.45) is 1.33. The van der Waals surface area contributed by atoms with Crippen molar-refractivity contribution in [2.24, 2.45) is 11.7 Å². The number of hydrogen-bond acceptors (Lipinski definition) is 4. The van der Waals surface area contributed by atoms with Gasteiger partial charge in [0.1, 0.15) is 0 Å². The molecule has 0 heterocycles. The summed E-state index contributed by atoms with van der Waals surface area (Å²) in [6, 6.07) is 9.73. The molecule has 1 aliphatic rings. The van der Waals surface area contributed by atoms with Crippen molar-refractivity contribution in [2.45, 2.75) is 38.0 Å². The maximum atomic E-state index is 12.0. The van der Waals surface area contributed by atoms with Crippen LogP contribution in [0.3, 0.4) is 0 Å². The van der Waals surface area contributed by atoms with Gasteiger partial charge in [0.05, 0.1) is 19.3 Å². The molecule has 3 atom stereocenters. The monoisotopic (exact) mass is 292 g/mol. The van der Waals surface area contributed by atoms with E-state index in [1.54, 1.807) is 0 Å². The standard InChI is InChI=1S/C16H24N2O3/c17-14-7-6-13(10-15(14)19)16(20)18-8-9-21-11-12-4-2-1-3-5-12/h1-5,13-15,19H,6-11,17H2,(H,18,20)/t13-,14+,15+/m0/s1. The lowest BCUT2D eigenvalue weighted by atomic mass is 9.84. The third kappa shape index (κ3) is 5.12. The maximum Gasteiger partial charge on any atom is 0.223 e. The molecule has 5 heteroatoms. The van der Waals surface area contributed by atoms with Crippen molar-refractivity contribution in [2.75, 3.05) is 13.2 Å². The van der Waals surface area contributed by atoms with Crippen LogP contribution in [-0.4, -0.2) is 36.3 Å². The van der Waals surface area contributed by atoms with Gasteiger partial charge in [-0.25, -0.2) is 0 Å². The lowest BCUT2D eigenvalue weighted by Crippen LogP contribution is -2.44. The molecule has 1 amide bonds. The summed E-state index contributed by atoms with van der Waals surface area (Å²) in [6.45, 7) is 1.52. The van der Waals surface area contributed by atoms with Gasteiger partial charge in [0.15, 0.2) is 0 Å². The first-order chi connectivity index (χ1) is 10.2. The number of aliphatic hydroxyl groups is 1. The van der Waals surface area contributed by atoms with Crippen molar-refractivity contribution in [1.29, 1.82) is 0 Å². The first-order valence-corrected chi connectivity index (χ1v) is 7.50. The average molecular weight is 292 g/mol. The first-order valence-electron chi connectivity index (χ1n) is 7.50. The van der Waals surface area contributed by atoms with Crippen LogP contribution in [0.5, 0.6) is 0 Å². The van der Waals surface area contributed by atoms with Gasteiger partial charge < -0.3 is 20.9 Å². The van der Waals surface area contributed by atoms with Crippen LogP contribution in [0.1, 0.15) is 24.8 Å². The van der Waals surface area contributed by atoms with E-state index in [2.05, 4.69) is 5.32 Å². The number of rotatable bonds is 6. The number of carbonyl (C=O) groups is 1. The number of benzene rings is 1. The van der Waals surface area contributed by atoms with Gasteiger partial charge in [-0.2, -0.15) is 0 Å².